The van der Waals surface area contributed by atoms with Crippen LogP contribution in [0, 0.1) is 0 Å². The molecule has 0 saturated heterocycles. The van der Waals surface area contributed by atoms with Crippen LogP contribution in [0.4, 0.5) is 11.6 Å². The molecule has 3 aromatic rings. The zero-order valence-electron chi connectivity index (χ0n) is 17.1. The molecule has 0 spiro atoms. The number of aromatic amines is 2. The van der Waals surface area contributed by atoms with Crippen molar-refractivity contribution in [2.24, 2.45) is 0 Å². The highest BCUT2D eigenvalue weighted by Crippen LogP contribution is 2.26. The van der Waals surface area contributed by atoms with Crippen LogP contribution in [0.5, 0.6) is 0 Å². The van der Waals surface area contributed by atoms with E-state index in [0.29, 0.717) is 12.0 Å². The zero-order valence-corrected chi connectivity index (χ0v) is 17.1. The first-order valence-electron chi connectivity index (χ1n) is 10.7. The zero-order chi connectivity index (χ0) is 21.0. The lowest BCUT2D eigenvalue weighted by atomic mass is 10.0. The molecule has 5 rings (SSSR count). The number of amides is 1. The number of nitrogens with zero attached hydrogens (tertiary/aromatic N) is 3. The van der Waals surface area contributed by atoms with Gasteiger partial charge in [-0.2, -0.15) is 5.10 Å². The number of hydrogen-bond acceptors (Lipinski definition) is 6. The Morgan fingerprint density at radius 3 is 2.90 bits per heavy atom. The number of carbonyl (C=O) groups excluding carboxylic acids is 1. The molecule has 2 aliphatic carbocycles. The summed E-state index contributed by atoms with van der Waals surface area (Å²) in [5, 5.41) is 22.7. The molecule has 9 heteroatoms. The van der Waals surface area contributed by atoms with Gasteiger partial charge in [0.05, 0.1) is 17.5 Å². The Kier molecular flexibility index (Phi) is 5.39. The minimum Gasteiger partial charge on any atom is -0.488 e. The first kappa shape index (κ1) is 19.3. The molecule has 1 amide bonds. The molecule has 1 aromatic carbocycles. The summed E-state index contributed by atoms with van der Waals surface area (Å²) in [5.74, 6) is 2.08. The van der Waals surface area contributed by atoms with Gasteiger partial charge in [-0.15, -0.1) is 10.2 Å². The second-order valence-electron chi connectivity index (χ2n) is 7.98. The van der Waals surface area contributed by atoms with E-state index in [9.17, 15) is 4.79 Å². The third-order valence-electron chi connectivity index (χ3n) is 5.71. The molecule has 0 bridgehead atoms. The van der Waals surface area contributed by atoms with E-state index in [0.717, 1.165) is 59.4 Å². The second-order valence-corrected chi connectivity index (χ2v) is 7.98. The molecule has 0 radical (unpaired) electrons. The Morgan fingerprint density at radius 1 is 1.16 bits per heavy atom. The van der Waals surface area contributed by atoms with Crippen molar-refractivity contribution in [2.75, 3.05) is 11.9 Å². The molecule has 1 fully saturated rings. The van der Waals surface area contributed by atoms with Gasteiger partial charge in [-0.1, -0.05) is 18.9 Å². The van der Waals surface area contributed by atoms with Crippen LogP contribution in [-0.2, 0) is 9.53 Å². The fourth-order valence-corrected chi connectivity index (χ4v) is 4.05. The van der Waals surface area contributed by atoms with E-state index < -0.39 is 0 Å². The lowest BCUT2D eigenvalue weighted by molar-refractivity contribution is -0.125. The minimum absolute atomic E-state index is 0.0397. The number of allylic oxidation sites excluding steroid dienone is 4. The lowest BCUT2D eigenvalue weighted by Gasteiger charge is -2.16. The largest absolute Gasteiger partial charge is 0.488 e. The van der Waals surface area contributed by atoms with Gasteiger partial charge in [0.15, 0.2) is 12.4 Å². The molecule has 31 heavy (non-hydrogen) atoms. The van der Waals surface area contributed by atoms with E-state index in [1.54, 1.807) is 6.20 Å². The fourth-order valence-electron chi connectivity index (χ4n) is 4.05. The average molecular weight is 419 g/mol. The number of benzene rings is 1. The van der Waals surface area contributed by atoms with E-state index in [1.165, 1.54) is 12.8 Å². The van der Waals surface area contributed by atoms with Gasteiger partial charge in [0.1, 0.15) is 0 Å². The standard InChI is InChI=1S/C22H25N7O2/c30-20(24-16-3-1-2-4-16)13-31-18-8-5-14(6-9-18)21-26-22(29-28-21)25-17-7-10-19-15(11-17)12-23-27-19/h5,7-8,10-12,16H,1-4,6,9,13H2,(H,23,27)(H,24,30)(H2,25,26,28,29). The maximum atomic E-state index is 12.0. The number of H-pyrrole nitrogens is 2. The molecule has 1 saturated carbocycles. The summed E-state index contributed by atoms with van der Waals surface area (Å²) in [6.07, 6.45) is 11.7. The quantitative estimate of drug-likeness (QED) is 0.465. The van der Waals surface area contributed by atoms with Crippen LogP contribution >= 0.6 is 0 Å². The highest BCUT2D eigenvalue weighted by atomic mass is 16.5. The summed E-state index contributed by atoms with van der Waals surface area (Å²) in [6, 6.07) is 6.23. The number of carbonyl (C=O) groups is 1. The van der Waals surface area contributed by atoms with Gasteiger partial charge in [0, 0.05) is 23.5 Å². The predicted octanol–water partition coefficient (Wildman–Crippen LogP) is 3.56. The van der Waals surface area contributed by atoms with Crippen molar-refractivity contribution in [3.8, 4) is 0 Å². The Labute approximate surface area is 179 Å². The number of hydrogen-bond donors (Lipinski definition) is 4. The van der Waals surface area contributed by atoms with Gasteiger partial charge < -0.3 is 20.4 Å². The minimum atomic E-state index is -0.0397. The van der Waals surface area contributed by atoms with E-state index in [1.807, 2.05) is 30.4 Å². The molecule has 9 nitrogen and oxygen atoms in total. The van der Waals surface area contributed by atoms with Crippen molar-refractivity contribution in [1.29, 1.82) is 0 Å². The van der Waals surface area contributed by atoms with Crippen molar-refractivity contribution in [3.63, 3.8) is 0 Å². The monoisotopic (exact) mass is 419 g/mol. The average Bonchev–Trinajstić information content (AvgIpc) is 3.55. The van der Waals surface area contributed by atoms with Gasteiger partial charge in [-0.25, -0.2) is 0 Å². The molecule has 2 aromatic heterocycles. The third kappa shape index (κ3) is 4.60. The smallest absolute Gasteiger partial charge is 0.258 e. The van der Waals surface area contributed by atoms with Crippen molar-refractivity contribution >= 4 is 34.0 Å². The summed E-state index contributed by atoms with van der Waals surface area (Å²) in [7, 11) is 0. The number of nitrogens with one attached hydrogen (secondary N) is 4. The molecule has 0 unspecified atom stereocenters. The van der Waals surface area contributed by atoms with Crippen molar-refractivity contribution < 1.29 is 9.53 Å². The topological polar surface area (TPSA) is 121 Å². The number of fused-ring (bicyclic) bond motifs is 1. The van der Waals surface area contributed by atoms with Gasteiger partial charge in [-0.05, 0) is 49.1 Å². The van der Waals surface area contributed by atoms with E-state index in [-0.39, 0.29) is 12.5 Å². The van der Waals surface area contributed by atoms with Gasteiger partial charge in [0.2, 0.25) is 5.95 Å². The van der Waals surface area contributed by atoms with Crippen LogP contribution in [0.15, 0.2) is 42.3 Å². The van der Waals surface area contributed by atoms with Crippen LogP contribution in [0.1, 0.15) is 44.3 Å². The van der Waals surface area contributed by atoms with E-state index in [2.05, 4.69) is 36.0 Å². The second kappa shape index (κ2) is 8.63. The molecule has 160 valence electrons. The first-order valence-corrected chi connectivity index (χ1v) is 10.7. The highest BCUT2D eigenvalue weighted by Gasteiger charge is 2.18. The van der Waals surface area contributed by atoms with Crippen LogP contribution in [0.3, 0.4) is 0 Å². The van der Waals surface area contributed by atoms with Gasteiger partial charge >= 0.3 is 0 Å². The molecular formula is C22H25N7O2. The Morgan fingerprint density at radius 2 is 2.06 bits per heavy atom. The molecule has 0 aliphatic heterocycles. The predicted molar refractivity (Wildman–Crippen MR) is 117 cm³/mol. The lowest BCUT2D eigenvalue weighted by Crippen LogP contribution is -2.35. The van der Waals surface area contributed by atoms with E-state index in [4.69, 9.17) is 4.74 Å². The maximum absolute atomic E-state index is 12.0. The summed E-state index contributed by atoms with van der Waals surface area (Å²) in [5.41, 5.74) is 2.94. The van der Waals surface area contributed by atoms with Crippen molar-refractivity contribution in [2.45, 2.75) is 44.6 Å². The first-order chi connectivity index (χ1) is 15.2. The molecule has 2 aliphatic rings. The van der Waals surface area contributed by atoms with Crippen LogP contribution in [-0.4, -0.2) is 43.9 Å². The summed E-state index contributed by atoms with van der Waals surface area (Å²) in [4.78, 5) is 15.2. The van der Waals surface area contributed by atoms with Crippen LogP contribution in [0.25, 0.3) is 16.5 Å². The molecular weight excluding hydrogens is 394 g/mol. The van der Waals surface area contributed by atoms with E-state index >= 15 is 0 Å². The molecule has 0 atom stereocenters. The number of anilines is 2. The van der Waals surface area contributed by atoms with Gasteiger partial charge in [0.25, 0.3) is 5.91 Å². The van der Waals surface area contributed by atoms with Crippen LogP contribution < -0.4 is 10.6 Å². The highest BCUT2D eigenvalue weighted by molar-refractivity contribution is 5.82. The fraction of sp³-hybridized carbons (Fsp3) is 0.364. The van der Waals surface area contributed by atoms with Crippen molar-refractivity contribution in [3.05, 3.63) is 48.1 Å². The summed E-state index contributed by atoms with van der Waals surface area (Å²) >= 11 is 0. The van der Waals surface area contributed by atoms with Crippen molar-refractivity contribution in [1.82, 2.24) is 30.7 Å². The molecule has 2 heterocycles. The Hall–Kier alpha value is -3.62. The number of rotatable bonds is 7. The normalized spacial score (nSPS) is 16.8. The SMILES string of the molecule is O=C(COC1=CC=C(c2nnc(Nc3ccc4[nH]ncc4c3)[nH]2)CC1)NC1CCCC1. The maximum Gasteiger partial charge on any atom is 0.258 e. The third-order valence-corrected chi connectivity index (χ3v) is 5.71. The number of aromatic nitrogens is 5. The Bertz CT molecular complexity index is 1140. The molecule has 4 N–H and O–H groups in total. The summed E-state index contributed by atoms with van der Waals surface area (Å²) < 4.78 is 5.69. The Balaban J connectivity index is 1.16. The number of ether oxygens (including phenoxy) is 1. The van der Waals surface area contributed by atoms with Crippen LogP contribution in [0.2, 0.25) is 0 Å². The van der Waals surface area contributed by atoms with Gasteiger partial charge in [-0.3, -0.25) is 9.89 Å². The summed E-state index contributed by atoms with van der Waals surface area (Å²) in [6.45, 7) is 0.0723.